The molecule has 0 radical (unpaired) electrons. The van der Waals surface area contributed by atoms with Crippen molar-refractivity contribution in [2.75, 3.05) is 31.6 Å². The number of nitrogens with one attached hydrogen (secondary N) is 2. The molecule has 0 aliphatic heterocycles. The molecule has 1 saturated carbocycles. The molecule has 29 heavy (non-hydrogen) atoms. The van der Waals surface area contributed by atoms with E-state index in [-0.39, 0.29) is 0 Å². The molecule has 7 nitrogen and oxygen atoms in total. The summed E-state index contributed by atoms with van der Waals surface area (Å²) in [5.74, 6) is 3.25. The van der Waals surface area contributed by atoms with Gasteiger partial charge in [0, 0.05) is 35.9 Å². The number of nitrogens with zero attached hydrogens (tertiary/aromatic N) is 4. The lowest BCUT2D eigenvalue weighted by molar-refractivity contribution is 0.218. The largest absolute Gasteiger partial charge is 0.476 e. The van der Waals surface area contributed by atoms with E-state index in [0.29, 0.717) is 30.0 Å². The highest BCUT2D eigenvalue weighted by Crippen LogP contribution is 2.39. The fourth-order valence-electron chi connectivity index (χ4n) is 3.23. The van der Waals surface area contributed by atoms with E-state index >= 15 is 0 Å². The van der Waals surface area contributed by atoms with Gasteiger partial charge < -0.3 is 15.0 Å². The fourth-order valence-corrected chi connectivity index (χ4v) is 3.23. The van der Waals surface area contributed by atoms with Gasteiger partial charge in [0.15, 0.2) is 11.6 Å². The Kier molecular flexibility index (Phi) is 6.05. The monoisotopic (exact) mass is 392 g/mol. The summed E-state index contributed by atoms with van der Waals surface area (Å²) in [7, 11) is 0. The van der Waals surface area contributed by atoms with Gasteiger partial charge in [-0.1, -0.05) is 44.2 Å². The number of hydrogen-bond acceptors (Lipinski definition) is 6. The predicted octanol–water partition coefficient (Wildman–Crippen LogP) is 4.21. The molecule has 0 spiro atoms. The van der Waals surface area contributed by atoms with Crippen LogP contribution in [0.5, 0.6) is 5.88 Å². The van der Waals surface area contributed by atoms with E-state index < -0.39 is 0 Å². The molecule has 152 valence electrons. The van der Waals surface area contributed by atoms with Gasteiger partial charge in [0.1, 0.15) is 12.4 Å². The van der Waals surface area contributed by atoms with Gasteiger partial charge in [0.05, 0.1) is 0 Å². The third-order valence-corrected chi connectivity index (χ3v) is 5.16. The number of aromatic nitrogens is 4. The summed E-state index contributed by atoms with van der Waals surface area (Å²) >= 11 is 0. The van der Waals surface area contributed by atoms with Gasteiger partial charge in [-0.3, -0.25) is 5.10 Å². The van der Waals surface area contributed by atoms with Gasteiger partial charge in [0.2, 0.25) is 5.88 Å². The van der Waals surface area contributed by atoms with Crippen LogP contribution in [0.25, 0.3) is 11.4 Å². The average molecular weight is 393 g/mol. The van der Waals surface area contributed by atoms with E-state index in [1.165, 1.54) is 18.5 Å². The molecule has 1 aliphatic carbocycles. The molecule has 3 aromatic rings. The molecule has 0 unspecified atom stereocenters. The minimum absolute atomic E-state index is 0.562. The molecule has 0 saturated heterocycles. The minimum Gasteiger partial charge on any atom is -0.476 e. The van der Waals surface area contributed by atoms with Crippen molar-refractivity contribution in [2.24, 2.45) is 0 Å². The minimum atomic E-state index is 0.562. The predicted molar refractivity (Wildman–Crippen MR) is 115 cm³/mol. The quantitative estimate of drug-likeness (QED) is 0.538. The van der Waals surface area contributed by atoms with Crippen LogP contribution in [0.1, 0.15) is 38.3 Å². The second-order valence-electron chi connectivity index (χ2n) is 7.26. The van der Waals surface area contributed by atoms with Crippen LogP contribution in [0, 0.1) is 0 Å². The van der Waals surface area contributed by atoms with Gasteiger partial charge in [-0.15, -0.1) is 0 Å². The Balaban J connectivity index is 1.53. The smallest absolute Gasteiger partial charge is 0.219 e. The molecule has 4 rings (SSSR count). The summed E-state index contributed by atoms with van der Waals surface area (Å²) in [6.07, 6.45) is 2.47. The van der Waals surface area contributed by atoms with Crippen LogP contribution in [0.3, 0.4) is 0 Å². The highest BCUT2D eigenvalue weighted by Gasteiger charge is 2.25. The average Bonchev–Trinajstić information content (AvgIpc) is 3.51. The van der Waals surface area contributed by atoms with Crippen molar-refractivity contribution in [3.05, 3.63) is 48.2 Å². The normalized spacial score (nSPS) is 13.6. The molecule has 1 aliphatic rings. The van der Waals surface area contributed by atoms with Gasteiger partial charge in [0.25, 0.3) is 0 Å². The van der Waals surface area contributed by atoms with Crippen LogP contribution in [-0.4, -0.2) is 51.3 Å². The zero-order valence-electron chi connectivity index (χ0n) is 17.1. The number of hydrogen-bond donors (Lipinski definition) is 2. The first-order chi connectivity index (χ1) is 14.2. The van der Waals surface area contributed by atoms with Crippen molar-refractivity contribution >= 4 is 11.6 Å². The number of rotatable bonds is 10. The summed E-state index contributed by atoms with van der Waals surface area (Å²) < 4.78 is 5.97. The topological polar surface area (TPSA) is 79.0 Å². The molecule has 0 bridgehead atoms. The van der Waals surface area contributed by atoms with Gasteiger partial charge in [-0.25, -0.2) is 4.98 Å². The summed E-state index contributed by atoms with van der Waals surface area (Å²) in [6.45, 7) is 7.78. The van der Waals surface area contributed by atoms with E-state index in [4.69, 9.17) is 4.74 Å². The maximum Gasteiger partial charge on any atom is 0.219 e. The third kappa shape index (κ3) is 5.12. The lowest BCUT2D eigenvalue weighted by Gasteiger charge is -2.18. The van der Waals surface area contributed by atoms with Crippen LogP contribution in [0.4, 0.5) is 11.6 Å². The molecule has 1 aromatic carbocycles. The number of likely N-dealkylation sites (N-methyl/N-ethyl adjacent to an activating group) is 1. The first kappa shape index (κ1) is 19.4. The second-order valence-corrected chi connectivity index (χ2v) is 7.26. The Morgan fingerprint density at radius 3 is 2.59 bits per heavy atom. The number of benzene rings is 1. The molecule has 0 amide bonds. The van der Waals surface area contributed by atoms with Crippen molar-refractivity contribution in [3.8, 4) is 17.3 Å². The Morgan fingerprint density at radius 1 is 1.07 bits per heavy atom. The maximum absolute atomic E-state index is 5.97. The van der Waals surface area contributed by atoms with E-state index in [2.05, 4.69) is 50.3 Å². The Hall–Kier alpha value is -2.93. The Bertz CT molecular complexity index is 918. The third-order valence-electron chi connectivity index (χ3n) is 5.16. The molecule has 2 heterocycles. The van der Waals surface area contributed by atoms with Crippen LogP contribution < -0.4 is 10.1 Å². The van der Waals surface area contributed by atoms with Crippen molar-refractivity contribution in [1.82, 2.24) is 25.1 Å². The Morgan fingerprint density at radius 2 is 1.86 bits per heavy atom. The zero-order chi connectivity index (χ0) is 20.1. The van der Waals surface area contributed by atoms with Crippen LogP contribution >= 0.6 is 0 Å². The molecule has 1 fully saturated rings. The molecular weight excluding hydrogens is 364 g/mol. The summed E-state index contributed by atoms with van der Waals surface area (Å²) in [6, 6.07) is 13.8. The number of ether oxygens (including phenoxy) is 1. The zero-order valence-corrected chi connectivity index (χ0v) is 17.1. The number of aromatic amines is 1. The van der Waals surface area contributed by atoms with E-state index in [1.54, 1.807) is 0 Å². The summed E-state index contributed by atoms with van der Waals surface area (Å²) in [5, 5.41) is 10.8. The lowest BCUT2D eigenvalue weighted by atomic mass is 10.2. The highest BCUT2D eigenvalue weighted by atomic mass is 16.5. The van der Waals surface area contributed by atoms with Crippen molar-refractivity contribution in [1.29, 1.82) is 0 Å². The first-order valence-electron chi connectivity index (χ1n) is 10.4. The van der Waals surface area contributed by atoms with E-state index in [0.717, 1.165) is 31.0 Å². The number of H-pyrrole nitrogens is 1. The van der Waals surface area contributed by atoms with Gasteiger partial charge >= 0.3 is 0 Å². The van der Waals surface area contributed by atoms with Crippen molar-refractivity contribution in [3.63, 3.8) is 0 Å². The fraction of sp³-hybridized carbons (Fsp3) is 0.409. The van der Waals surface area contributed by atoms with Crippen LogP contribution in [0.2, 0.25) is 0 Å². The molecule has 2 aromatic heterocycles. The molecule has 0 atom stereocenters. The van der Waals surface area contributed by atoms with Crippen molar-refractivity contribution in [2.45, 2.75) is 32.6 Å². The number of anilines is 2. The first-order valence-corrected chi connectivity index (χ1v) is 10.4. The second kappa shape index (κ2) is 9.05. The Labute approximate surface area is 171 Å². The highest BCUT2D eigenvalue weighted by molar-refractivity contribution is 5.61. The summed E-state index contributed by atoms with van der Waals surface area (Å²) in [4.78, 5) is 11.6. The van der Waals surface area contributed by atoms with Crippen LogP contribution in [0.15, 0.2) is 42.5 Å². The molecule has 2 N–H and O–H groups in total. The maximum atomic E-state index is 5.97. The standard InChI is InChI=1S/C22H28N6O/c1-3-28(4-2)12-13-29-21-15-19(23-20-14-18(26-27-20)16-10-11-16)24-22(25-21)17-8-6-5-7-9-17/h5-9,14-16H,3-4,10-13H2,1-2H3,(H2,23,24,25,26,27). The SMILES string of the molecule is CCN(CC)CCOc1cc(Nc2cc(C3CC3)[nH]n2)nc(-c2ccccc2)n1. The van der Waals surface area contributed by atoms with E-state index in [9.17, 15) is 0 Å². The van der Waals surface area contributed by atoms with Crippen molar-refractivity contribution < 1.29 is 4.74 Å². The van der Waals surface area contributed by atoms with Gasteiger partial charge in [-0.2, -0.15) is 10.1 Å². The van der Waals surface area contributed by atoms with E-state index in [1.807, 2.05) is 36.4 Å². The lowest BCUT2D eigenvalue weighted by Crippen LogP contribution is -2.28. The molecular formula is C22H28N6O. The summed E-state index contributed by atoms with van der Waals surface area (Å²) in [5.41, 5.74) is 2.13. The van der Waals surface area contributed by atoms with Crippen LogP contribution in [-0.2, 0) is 0 Å². The molecule has 7 heteroatoms. The van der Waals surface area contributed by atoms with Gasteiger partial charge in [-0.05, 0) is 25.9 Å².